The zero-order valence-corrected chi connectivity index (χ0v) is 8.18. The third kappa shape index (κ3) is 1.20. The van der Waals surface area contributed by atoms with Gasteiger partial charge in [-0.2, -0.15) is 0 Å². The van der Waals surface area contributed by atoms with Crippen LogP contribution in [0.25, 0.3) is 22.3 Å². The zero-order valence-electron chi connectivity index (χ0n) is 8.18. The third-order valence-corrected chi connectivity index (χ3v) is 2.42. The van der Waals surface area contributed by atoms with Crippen molar-refractivity contribution in [2.24, 2.45) is 7.05 Å². The molecule has 2 heterocycles. The predicted octanol–water partition coefficient (Wildman–Crippen LogP) is 1.36. The first-order chi connectivity index (χ1) is 7.34. The van der Waals surface area contributed by atoms with Crippen LogP contribution in [0.4, 0.5) is 0 Å². The van der Waals surface area contributed by atoms with Crippen molar-refractivity contribution in [1.82, 2.24) is 25.0 Å². The Labute approximate surface area is 85.8 Å². The van der Waals surface area contributed by atoms with Crippen LogP contribution in [0.2, 0.25) is 0 Å². The lowest BCUT2D eigenvalue weighted by Gasteiger charge is -1.97. The molecule has 0 atom stereocenters. The van der Waals surface area contributed by atoms with Gasteiger partial charge in [0.2, 0.25) is 0 Å². The minimum absolute atomic E-state index is 0.903. The molecule has 0 aliphatic carbocycles. The van der Waals surface area contributed by atoms with E-state index in [0.717, 1.165) is 22.3 Å². The summed E-state index contributed by atoms with van der Waals surface area (Å²) in [6, 6.07) is 6.01. The van der Waals surface area contributed by atoms with Gasteiger partial charge in [0, 0.05) is 12.6 Å². The largest absolute Gasteiger partial charge is 0.345 e. The highest BCUT2D eigenvalue weighted by Gasteiger charge is 2.04. The van der Waals surface area contributed by atoms with E-state index in [1.165, 1.54) is 0 Å². The van der Waals surface area contributed by atoms with Gasteiger partial charge in [-0.3, -0.25) is 0 Å². The van der Waals surface area contributed by atoms with Crippen LogP contribution < -0.4 is 0 Å². The average Bonchev–Trinajstić information content (AvgIpc) is 2.88. The molecule has 5 nitrogen and oxygen atoms in total. The molecule has 0 bridgehead atoms. The van der Waals surface area contributed by atoms with Crippen LogP contribution in [0.5, 0.6) is 0 Å². The molecule has 0 radical (unpaired) electrons. The van der Waals surface area contributed by atoms with Crippen molar-refractivity contribution in [1.29, 1.82) is 0 Å². The minimum atomic E-state index is 0.903. The molecule has 15 heavy (non-hydrogen) atoms. The monoisotopic (exact) mass is 199 g/mol. The summed E-state index contributed by atoms with van der Waals surface area (Å²) in [5.74, 6) is 0. The van der Waals surface area contributed by atoms with Crippen LogP contribution in [0.3, 0.4) is 0 Å². The van der Waals surface area contributed by atoms with E-state index in [-0.39, 0.29) is 0 Å². The summed E-state index contributed by atoms with van der Waals surface area (Å²) < 4.78 is 1.76. The second-order valence-electron chi connectivity index (χ2n) is 3.38. The maximum Gasteiger partial charge on any atom is 0.113 e. The molecular weight excluding hydrogens is 190 g/mol. The lowest BCUT2D eigenvalue weighted by molar-refractivity contribution is 0.736. The number of rotatable bonds is 1. The lowest BCUT2D eigenvalue weighted by Crippen LogP contribution is -1.89. The first-order valence-corrected chi connectivity index (χ1v) is 4.63. The molecule has 0 aliphatic heterocycles. The van der Waals surface area contributed by atoms with E-state index in [0.29, 0.717) is 0 Å². The molecule has 1 aromatic carbocycles. The number of nitrogens with zero attached hydrogens (tertiary/aromatic N) is 4. The summed E-state index contributed by atoms with van der Waals surface area (Å²) >= 11 is 0. The first kappa shape index (κ1) is 8.16. The zero-order chi connectivity index (χ0) is 10.3. The molecular formula is C10H9N5. The molecule has 0 amide bonds. The molecule has 74 valence electrons. The first-order valence-electron chi connectivity index (χ1n) is 4.63. The number of aromatic nitrogens is 5. The molecule has 0 saturated carbocycles. The van der Waals surface area contributed by atoms with E-state index in [4.69, 9.17) is 0 Å². The molecule has 1 N–H and O–H groups in total. The Morgan fingerprint density at radius 3 is 3.07 bits per heavy atom. The fourth-order valence-electron chi connectivity index (χ4n) is 1.61. The number of benzene rings is 1. The number of fused-ring (bicyclic) bond motifs is 1. The Bertz CT molecular complexity index is 593. The summed E-state index contributed by atoms with van der Waals surface area (Å²) in [6.07, 6.45) is 3.46. The second-order valence-corrected chi connectivity index (χ2v) is 3.38. The Kier molecular flexibility index (Phi) is 1.58. The van der Waals surface area contributed by atoms with Gasteiger partial charge in [0.25, 0.3) is 0 Å². The van der Waals surface area contributed by atoms with E-state index >= 15 is 0 Å². The standard InChI is InChI=1S/C10H9N5/c1-15-10-4-7(9-5-11-6-12-9)2-3-8(10)13-14-15/h2-6H,1H3,(H,11,12). The van der Waals surface area contributed by atoms with Gasteiger partial charge in [-0.15, -0.1) is 5.10 Å². The fourth-order valence-corrected chi connectivity index (χ4v) is 1.61. The molecule has 0 aliphatic rings. The normalized spacial score (nSPS) is 11.0. The smallest absolute Gasteiger partial charge is 0.113 e. The van der Waals surface area contributed by atoms with E-state index in [1.54, 1.807) is 17.2 Å². The van der Waals surface area contributed by atoms with Crippen molar-refractivity contribution in [3.05, 3.63) is 30.7 Å². The van der Waals surface area contributed by atoms with Gasteiger partial charge < -0.3 is 4.98 Å². The average molecular weight is 199 g/mol. The van der Waals surface area contributed by atoms with Crippen molar-refractivity contribution in [2.75, 3.05) is 0 Å². The van der Waals surface area contributed by atoms with E-state index in [2.05, 4.69) is 20.3 Å². The third-order valence-electron chi connectivity index (χ3n) is 2.42. The molecule has 3 aromatic rings. The maximum atomic E-state index is 4.03. The summed E-state index contributed by atoms with van der Waals surface area (Å²) in [4.78, 5) is 7.06. The number of hydrogen-bond donors (Lipinski definition) is 1. The molecule has 3 rings (SSSR count). The number of nitrogens with one attached hydrogen (secondary N) is 1. The summed E-state index contributed by atoms with van der Waals surface area (Å²) in [5.41, 5.74) is 4.01. The Balaban J connectivity index is 2.25. The predicted molar refractivity (Wildman–Crippen MR) is 56.1 cm³/mol. The number of aryl methyl sites for hydroxylation is 1. The number of aromatic amines is 1. The van der Waals surface area contributed by atoms with Gasteiger partial charge in [-0.1, -0.05) is 11.3 Å². The van der Waals surface area contributed by atoms with Crippen molar-refractivity contribution in [3.8, 4) is 11.3 Å². The molecule has 0 unspecified atom stereocenters. The Hall–Kier alpha value is -2.17. The highest BCUT2D eigenvalue weighted by molar-refractivity contribution is 5.80. The Morgan fingerprint density at radius 1 is 1.33 bits per heavy atom. The quantitative estimate of drug-likeness (QED) is 0.643. The van der Waals surface area contributed by atoms with Gasteiger partial charge >= 0.3 is 0 Å². The van der Waals surface area contributed by atoms with Gasteiger partial charge in [0.1, 0.15) is 5.52 Å². The van der Waals surface area contributed by atoms with Gasteiger partial charge in [-0.05, 0) is 12.1 Å². The molecule has 2 aromatic heterocycles. The summed E-state index contributed by atoms with van der Waals surface area (Å²) in [6.45, 7) is 0. The van der Waals surface area contributed by atoms with Gasteiger partial charge in [0.05, 0.1) is 23.7 Å². The Morgan fingerprint density at radius 2 is 2.27 bits per heavy atom. The van der Waals surface area contributed by atoms with Crippen molar-refractivity contribution in [2.45, 2.75) is 0 Å². The van der Waals surface area contributed by atoms with Crippen LogP contribution in [0, 0.1) is 0 Å². The van der Waals surface area contributed by atoms with E-state index in [9.17, 15) is 0 Å². The van der Waals surface area contributed by atoms with Crippen molar-refractivity contribution < 1.29 is 0 Å². The summed E-state index contributed by atoms with van der Waals surface area (Å²) in [7, 11) is 1.88. The topological polar surface area (TPSA) is 59.4 Å². The minimum Gasteiger partial charge on any atom is -0.345 e. The van der Waals surface area contributed by atoms with Gasteiger partial charge in [0.15, 0.2) is 0 Å². The van der Waals surface area contributed by atoms with E-state index in [1.807, 2.05) is 25.2 Å². The highest BCUT2D eigenvalue weighted by Crippen LogP contribution is 2.20. The molecule has 0 fully saturated rings. The fraction of sp³-hybridized carbons (Fsp3) is 0.100. The van der Waals surface area contributed by atoms with Gasteiger partial charge in [-0.25, -0.2) is 9.67 Å². The number of imidazole rings is 1. The van der Waals surface area contributed by atoms with Crippen molar-refractivity contribution in [3.63, 3.8) is 0 Å². The lowest BCUT2D eigenvalue weighted by atomic mass is 10.1. The molecule has 0 saturated heterocycles. The van der Waals surface area contributed by atoms with Crippen LogP contribution >= 0.6 is 0 Å². The van der Waals surface area contributed by atoms with Crippen LogP contribution in [0.15, 0.2) is 30.7 Å². The maximum absolute atomic E-state index is 4.03. The number of hydrogen-bond acceptors (Lipinski definition) is 3. The van der Waals surface area contributed by atoms with Crippen LogP contribution in [-0.2, 0) is 7.05 Å². The van der Waals surface area contributed by atoms with Crippen molar-refractivity contribution >= 4 is 11.0 Å². The van der Waals surface area contributed by atoms with E-state index < -0.39 is 0 Å². The SMILES string of the molecule is Cn1nnc2ccc(-c3cnc[nH]3)cc21. The molecule has 0 spiro atoms. The summed E-state index contributed by atoms with van der Waals surface area (Å²) in [5, 5.41) is 7.99. The number of H-pyrrole nitrogens is 1. The molecule has 5 heteroatoms. The highest BCUT2D eigenvalue weighted by atomic mass is 15.4. The van der Waals surface area contributed by atoms with Crippen LogP contribution in [-0.4, -0.2) is 25.0 Å². The van der Waals surface area contributed by atoms with Crippen LogP contribution in [0.1, 0.15) is 0 Å². The second kappa shape index (κ2) is 2.91.